The molecule has 0 bridgehead atoms. The fourth-order valence-electron chi connectivity index (χ4n) is 2.67. The maximum absolute atomic E-state index is 12.7. The first-order valence-electron chi connectivity index (χ1n) is 8.23. The number of aliphatic hydroxyl groups is 1. The molecular formula is C21H20N2O3. The number of carbonyl (C=O) groups excluding carboxylic acids is 1. The minimum Gasteiger partial charge on any atom is -0.496 e. The van der Waals surface area contributed by atoms with Crippen molar-refractivity contribution in [2.24, 2.45) is 0 Å². The van der Waals surface area contributed by atoms with Gasteiger partial charge in [-0.3, -0.25) is 9.78 Å². The number of aliphatic hydroxyl groups excluding tert-OH is 1. The van der Waals surface area contributed by atoms with Crippen LogP contribution in [0.5, 0.6) is 5.75 Å². The van der Waals surface area contributed by atoms with Crippen LogP contribution in [0.2, 0.25) is 0 Å². The molecule has 0 aliphatic heterocycles. The lowest BCUT2D eigenvalue weighted by atomic mass is 10.0. The molecule has 132 valence electrons. The summed E-state index contributed by atoms with van der Waals surface area (Å²) in [6.45, 7) is 1.83. The van der Waals surface area contributed by atoms with Crippen LogP contribution in [0.3, 0.4) is 0 Å². The normalized spacial score (nSPS) is 10.4. The number of ether oxygens (including phenoxy) is 1. The molecule has 0 atom stereocenters. The molecule has 0 saturated carbocycles. The van der Waals surface area contributed by atoms with E-state index in [0.29, 0.717) is 17.0 Å². The molecule has 2 N–H and O–H groups in total. The van der Waals surface area contributed by atoms with Gasteiger partial charge in [-0.15, -0.1) is 0 Å². The second kappa shape index (κ2) is 7.80. The average Bonchev–Trinajstić information content (AvgIpc) is 2.69. The summed E-state index contributed by atoms with van der Waals surface area (Å²) in [5.74, 6) is 0.418. The Kier molecular flexibility index (Phi) is 5.29. The number of hydrogen-bond donors (Lipinski definition) is 2. The van der Waals surface area contributed by atoms with E-state index in [1.807, 2.05) is 37.3 Å². The standard InChI is InChI=1S/C21H20N2O3/c1-14-6-7-15(13-24)11-19(14)23-21(25)16-8-9-20(26-2)17(12-16)18-5-3-4-10-22-18/h3-12,24H,13H2,1-2H3,(H,23,25). The van der Waals surface area contributed by atoms with Crippen molar-refractivity contribution >= 4 is 11.6 Å². The Morgan fingerprint density at radius 3 is 2.69 bits per heavy atom. The van der Waals surface area contributed by atoms with Crippen LogP contribution in [0.4, 0.5) is 5.69 Å². The van der Waals surface area contributed by atoms with Crippen LogP contribution in [0.25, 0.3) is 11.3 Å². The van der Waals surface area contributed by atoms with Crippen molar-refractivity contribution in [3.8, 4) is 17.0 Å². The Morgan fingerprint density at radius 1 is 1.15 bits per heavy atom. The van der Waals surface area contributed by atoms with Crippen molar-refractivity contribution in [1.82, 2.24) is 4.98 Å². The van der Waals surface area contributed by atoms with Crippen LogP contribution >= 0.6 is 0 Å². The van der Waals surface area contributed by atoms with Crippen molar-refractivity contribution < 1.29 is 14.6 Å². The van der Waals surface area contributed by atoms with Crippen LogP contribution in [-0.4, -0.2) is 23.1 Å². The molecule has 5 heteroatoms. The number of amides is 1. The molecular weight excluding hydrogens is 328 g/mol. The molecule has 1 amide bonds. The Morgan fingerprint density at radius 2 is 2.00 bits per heavy atom. The largest absolute Gasteiger partial charge is 0.496 e. The van der Waals surface area contributed by atoms with E-state index in [1.54, 1.807) is 37.6 Å². The van der Waals surface area contributed by atoms with Gasteiger partial charge in [0, 0.05) is 23.0 Å². The van der Waals surface area contributed by atoms with E-state index >= 15 is 0 Å². The van der Waals surface area contributed by atoms with Gasteiger partial charge in [-0.1, -0.05) is 18.2 Å². The van der Waals surface area contributed by atoms with Gasteiger partial charge in [0.05, 0.1) is 19.4 Å². The number of anilines is 1. The molecule has 1 heterocycles. The van der Waals surface area contributed by atoms with Crippen molar-refractivity contribution in [3.63, 3.8) is 0 Å². The summed E-state index contributed by atoms with van der Waals surface area (Å²) in [5.41, 5.74) is 4.33. The smallest absolute Gasteiger partial charge is 0.255 e. The van der Waals surface area contributed by atoms with E-state index in [4.69, 9.17) is 4.74 Å². The van der Waals surface area contributed by atoms with E-state index in [1.165, 1.54) is 0 Å². The van der Waals surface area contributed by atoms with Crippen molar-refractivity contribution in [1.29, 1.82) is 0 Å². The zero-order chi connectivity index (χ0) is 18.5. The average molecular weight is 348 g/mol. The summed E-state index contributed by atoms with van der Waals surface area (Å²) in [5, 5.41) is 12.2. The molecule has 26 heavy (non-hydrogen) atoms. The van der Waals surface area contributed by atoms with Crippen LogP contribution in [-0.2, 0) is 6.61 Å². The van der Waals surface area contributed by atoms with Gasteiger partial charge in [0.25, 0.3) is 5.91 Å². The minimum atomic E-state index is -0.233. The number of aromatic nitrogens is 1. The molecule has 3 rings (SSSR count). The predicted molar refractivity (Wildman–Crippen MR) is 101 cm³/mol. The number of carbonyl (C=O) groups is 1. The number of nitrogens with one attached hydrogen (secondary N) is 1. The summed E-state index contributed by atoms with van der Waals surface area (Å²) < 4.78 is 5.40. The molecule has 0 aliphatic carbocycles. The van der Waals surface area contributed by atoms with Gasteiger partial charge in [-0.25, -0.2) is 0 Å². The highest BCUT2D eigenvalue weighted by molar-refractivity contribution is 6.05. The Balaban J connectivity index is 1.93. The van der Waals surface area contributed by atoms with Crippen LogP contribution in [0, 0.1) is 6.92 Å². The SMILES string of the molecule is COc1ccc(C(=O)Nc2cc(CO)ccc2C)cc1-c1ccccn1. The zero-order valence-electron chi connectivity index (χ0n) is 14.7. The van der Waals surface area contributed by atoms with Crippen LogP contribution < -0.4 is 10.1 Å². The highest BCUT2D eigenvalue weighted by Gasteiger charge is 2.13. The third-order valence-corrected chi connectivity index (χ3v) is 4.14. The maximum Gasteiger partial charge on any atom is 0.255 e. The molecule has 2 aromatic carbocycles. The lowest BCUT2D eigenvalue weighted by Gasteiger charge is -2.12. The summed E-state index contributed by atoms with van der Waals surface area (Å²) in [6.07, 6.45) is 1.70. The highest BCUT2D eigenvalue weighted by Crippen LogP contribution is 2.30. The monoisotopic (exact) mass is 348 g/mol. The lowest BCUT2D eigenvalue weighted by molar-refractivity contribution is 0.102. The topological polar surface area (TPSA) is 71.5 Å². The quantitative estimate of drug-likeness (QED) is 0.735. The van der Waals surface area contributed by atoms with E-state index in [2.05, 4.69) is 10.3 Å². The molecule has 0 aliphatic rings. The minimum absolute atomic E-state index is 0.0739. The van der Waals surface area contributed by atoms with Crippen LogP contribution in [0.15, 0.2) is 60.8 Å². The summed E-state index contributed by atoms with van der Waals surface area (Å²) >= 11 is 0. The van der Waals surface area contributed by atoms with Crippen LogP contribution in [0.1, 0.15) is 21.5 Å². The first kappa shape index (κ1) is 17.6. The van der Waals surface area contributed by atoms with Gasteiger partial charge in [0.15, 0.2) is 0 Å². The molecule has 0 unspecified atom stereocenters. The van der Waals surface area contributed by atoms with Gasteiger partial charge in [-0.2, -0.15) is 0 Å². The number of methoxy groups -OCH3 is 1. The van der Waals surface area contributed by atoms with Crippen molar-refractivity contribution in [2.75, 3.05) is 12.4 Å². The molecule has 5 nitrogen and oxygen atoms in total. The van der Waals surface area contributed by atoms with Gasteiger partial charge in [-0.05, 0) is 54.4 Å². The molecule has 3 aromatic rings. The van der Waals surface area contributed by atoms with E-state index in [0.717, 1.165) is 22.4 Å². The Bertz CT molecular complexity index is 924. The molecule has 0 fully saturated rings. The van der Waals surface area contributed by atoms with Gasteiger partial charge in [0.2, 0.25) is 0 Å². The van der Waals surface area contributed by atoms with Crippen molar-refractivity contribution in [2.45, 2.75) is 13.5 Å². The Hall–Kier alpha value is -3.18. The number of rotatable bonds is 5. The van der Waals surface area contributed by atoms with E-state index in [-0.39, 0.29) is 12.5 Å². The molecule has 1 aromatic heterocycles. The Labute approximate surface area is 152 Å². The maximum atomic E-state index is 12.7. The first-order valence-corrected chi connectivity index (χ1v) is 8.23. The zero-order valence-corrected chi connectivity index (χ0v) is 14.7. The fourth-order valence-corrected chi connectivity index (χ4v) is 2.67. The van der Waals surface area contributed by atoms with Gasteiger partial charge in [0.1, 0.15) is 5.75 Å². The number of pyridine rings is 1. The molecule has 0 saturated heterocycles. The fraction of sp³-hybridized carbons (Fsp3) is 0.143. The van der Waals surface area contributed by atoms with E-state index in [9.17, 15) is 9.90 Å². The third kappa shape index (κ3) is 3.73. The number of nitrogens with zero attached hydrogens (tertiary/aromatic N) is 1. The first-order chi connectivity index (χ1) is 12.6. The number of aryl methyl sites for hydroxylation is 1. The second-order valence-corrected chi connectivity index (χ2v) is 5.89. The van der Waals surface area contributed by atoms with Crippen molar-refractivity contribution in [3.05, 3.63) is 77.5 Å². The van der Waals surface area contributed by atoms with E-state index < -0.39 is 0 Å². The summed E-state index contributed by atoms with van der Waals surface area (Å²) in [4.78, 5) is 17.1. The molecule has 0 spiro atoms. The summed E-state index contributed by atoms with van der Waals surface area (Å²) in [7, 11) is 1.59. The second-order valence-electron chi connectivity index (χ2n) is 5.89. The number of hydrogen-bond acceptors (Lipinski definition) is 4. The predicted octanol–water partition coefficient (Wildman–Crippen LogP) is 3.81. The third-order valence-electron chi connectivity index (χ3n) is 4.14. The lowest BCUT2D eigenvalue weighted by Crippen LogP contribution is -2.13. The highest BCUT2D eigenvalue weighted by atomic mass is 16.5. The number of benzene rings is 2. The summed E-state index contributed by atoms with van der Waals surface area (Å²) in [6, 6.07) is 16.3. The molecule has 0 radical (unpaired) electrons. The van der Waals surface area contributed by atoms with Gasteiger partial charge >= 0.3 is 0 Å². The van der Waals surface area contributed by atoms with Gasteiger partial charge < -0.3 is 15.2 Å².